The molecule has 1 aromatic rings. The van der Waals surface area contributed by atoms with Crippen LogP contribution in [0.2, 0.25) is 0 Å². The molecule has 2 nitrogen and oxygen atoms in total. The fourth-order valence-corrected chi connectivity index (χ4v) is 1.28. The van der Waals surface area contributed by atoms with Crippen LogP contribution in [0, 0.1) is 11.3 Å². The van der Waals surface area contributed by atoms with Gasteiger partial charge in [0, 0.05) is 0 Å². The second-order valence-electron chi connectivity index (χ2n) is 3.51. The maximum atomic E-state index is 8.98. The third-order valence-corrected chi connectivity index (χ3v) is 2.36. The molecule has 0 amide bonds. The van der Waals surface area contributed by atoms with Crippen molar-refractivity contribution in [2.24, 2.45) is 0 Å². The van der Waals surface area contributed by atoms with Gasteiger partial charge in [0.05, 0.1) is 11.3 Å². The van der Waals surface area contributed by atoms with Crippen LogP contribution >= 0.6 is 0 Å². The summed E-state index contributed by atoms with van der Waals surface area (Å²) in [5.41, 5.74) is 10.1. The summed E-state index contributed by atoms with van der Waals surface area (Å²) in [6.45, 7) is 6.06. The number of allylic oxidation sites excluding steroid dienone is 2. The third kappa shape index (κ3) is 1.77. The molecule has 0 atom stereocenters. The minimum Gasteiger partial charge on any atom is -0.398 e. The maximum absolute atomic E-state index is 8.98. The van der Waals surface area contributed by atoms with Crippen LogP contribution in [0.1, 0.15) is 31.9 Å². The molecule has 1 rings (SSSR count). The monoisotopic (exact) mass is 186 g/mol. The summed E-state index contributed by atoms with van der Waals surface area (Å²) in [5, 5.41) is 8.98. The molecule has 0 aliphatic heterocycles. The van der Waals surface area contributed by atoms with Crippen LogP contribution in [0.3, 0.4) is 0 Å². The van der Waals surface area contributed by atoms with Crippen molar-refractivity contribution in [3.05, 3.63) is 34.9 Å². The van der Waals surface area contributed by atoms with Gasteiger partial charge in [0.25, 0.3) is 0 Å². The largest absolute Gasteiger partial charge is 0.398 e. The highest BCUT2D eigenvalue weighted by molar-refractivity contribution is 5.75. The molecule has 0 unspecified atom stereocenters. The lowest BCUT2D eigenvalue weighted by Gasteiger charge is -2.08. The normalized spacial score (nSPS) is 9.29. The molecule has 0 saturated heterocycles. The van der Waals surface area contributed by atoms with Crippen molar-refractivity contribution in [2.45, 2.75) is 20.8 Å². The van der Waals surface area contributed by atoms with Gasteiger partial charge in [-0.25, -0.2) is 0 Å². The zero-order valence-electron chi connectivity index (χ0n) is 8.76. The first-order valence-corrected chi connectivity index (χ1v) is 4.51. The van der Waals surface area contributed by atoms with Crippen LogP contribution in [0.15, 0.2) is 23.8 Å². The maximum Gasteiger partial charge on any atom is 0.102 e. The lowest BCUT2D eigenvalue weighted by atomic mass is 9.97. The SMILES string of the molecule is CC(C)=C(C)c1cccc(N)c1C#N. The molecule has 2 heteroatoms. The van der Waals surface area contributed by atoms with Gasteiger partial charge in [0.1, 0.15) is 6.07 Å². The van der Waals surface area contributed by atoms with Crippen LogP contribution < -0.4 is 5.73 Å². The molecule has 14 heavy (non-hydrogen) atoms. The molecule has 0 aliphatic rings. The Labute approximate surface area is 84.7 Å². The van der Waals surface area contributed by atoms with Crippen molar-refractivity contribution in [3.8, 4) is 6.07 Å². The summed E-state index contributed by atoms with van der Waals surface area (Å²) >= 11 is 0. The van der Waals surface area contributed by atoms with Gasteiger partial charge in [-0.3, -0.25) is 0 Å². The zero-order chi connectivity index (χ0) is 10.7. The van der Waals surface area contributed by atoms with E-state index in [1.165, 1.54) is 5.57 Å². The Bertz CT molecular complexity index is 418. The van der Waals surface area contributed by atoms with E-state index in [2.05, 4.69) is 6.07 Å². The van der Waals surface area contributed by atoms with Crippen LogP contribution in [0.5, 0.6) is 0 Å². The molecule has 1 aromatic carbocycles. The van der Waals surface area contributed by atoms with Gasteiger partial charge in [-0.2, -0.15) is 5.26 Å². The number of benzene rings is 1. The van der Waals surface area contributed by atoms with Gasteiger partial charge in [-0.05, 0) is 38.0 Å². The summed E-state index contributed by atoms with van der Waals surface area (Å²) in [5.74, 6) is 0. The molecule has 0 aromatic heterocycles. The Morgan fingerprint density at radius 2 is 1.93 bits per heavy atom. The molecule has 2 N–H and O–H groups in total. The van der Waals surface area contributed by atoms with E-state index in [4.69, 9.17) is 11.0 Å². The summed E-state index contributed by atoms with van der Waals surface area (Å²) in [6.07, 6.45) is 0. The second-order valence-corrected chi connectivity index (χ2v) is 3.51. The van der Waals surface area contributed by atoms with Crippen molar-refractivity contribution in [2.75, 3.05) is 5.73 Å². The van der Waals surface area contributed by atoms with Crippen molar-refractivity contribution < 1.29 is 0 Å². The Morgan fingerprint density at radius 1 is 1.29 bits per heavy atom. The van der Waals surface area contributed by atoms with E-state index in [-0.39, 0.29) is 0 Å². The van der Waals surface area contributed by atoms with Gasteiger partial charge in [-0.1, -0.05) is 17.7 Å². The fraction of sp³-hybridized carbons (Fsp3) is 0.250. The quantitative estimate of drug-likeness (QED) is 0.685. The lowest BCUT2D eigenvalue weighted by Crippen LogP contribution is -1.95. The smallest absolute Gasteiger partial charge is 0.102 e. The number of rotatable bonds is 1. The van der Waals surface area contributed by atoms with Crippen LogP contribution in [-0.4, -0.2) is 0 Å². The van der Waals surface area contributed by atoms with Crippen molar-refractivity contribution in [1.29, 1.82) is 5.26 Å². The van der Waals surface area contributed by atoms with Crippen molar-refractivity contribution in [1.82, 2.24) is 0 Å². The van der Waals surface area contributed by atoms with Crippen LogP contribution in [0.25, 0.3) is 5.57 Å². The van der Waals surface area contributed by atoms with E-state index in [9.17, 15) is 0 Å². The summed E-state index contributed by atoms with van der Waals surface area (Å²) in [7, 11) is 0. The number of hydrogen-bond acceptors (Lipinski definition) is 2. The van der Waals surface area contributed by atoms with Gasteiger partial charge >= 0.3 is 0 Å². The van der Waals surface area contributed by atoms with E-state index >= 15 is 0 Å². The fourth-order valence-electron chi connectivity index (χ4n) is 1.28. The van der Waals surface area contributed by atoms with Crippen molar-refractivity contribution >= 4 is 11.3 Å². The number of anilines is 1. The van der Waals surface area contributed by atoms with Crippen LogP contribution in [0.4, 0.5) is 5.69 Å². The van der Waals surface area contributed by atoms with Crippen LogP contribution in [-0.2, 0) is 0 Å². The predicted octanol–water partition coefficient (Wildman–Crippen LogP) is 2.95. The molecule has 72 valence electrons. The first-order valence-electron chi connectivity index (χ1n) is 4.51. The molecular weight excluding hydrogens is 172 g/mol. The molecule has 0 spiro atoms. The first-order chi connectivity index (χ1) is 6.57. The number of hydrogen-bond donors (Lipinski definition) is 1. The summed E-state index contributed by atoms with van der Waals surface area (Å²) < 4.78 is 0. The average Bonchev–Trinajstić information content (AvgIpc) is 2.16. The average molecular weight is 186 g/mol. The number of nitrogen functional groups attached to an aromatic ring is 1. The van der Waals surface area contributed by atoms with Gasteiger partial charge < -0.3 is 5.73 Å². The van der Waals surface area contributed by atoms with Gasteiger partial charge in [0.2, 0.25) is 0 Å². The Hall–Kier alpha value is -1.75. The van der Waals surface area contributed by atoms with E-state index in [0.717, 1.165) is 11.1 Å². The molecule has 0 saturated carbocycles. The van der Waals surface area contributed by atoms with E-state index < -0.39 is 0 Å². The Kier molecular flexibility index (Phi) is 2.93. The van der Waals surface area contributed by atoms with E-state index in [0.29, 0.717) is 11.3 Å². The predicted molar refractivity (Wildman–Crippen MR) is 59.5 cm³/mol. The second kappa shape index (κ2) is 3.97. The highest BCUT2D eigenvalue weighted by Gasteiger charge is 2.07. The molecule has 0 heterocycles. The number of nitriles is 1. The molecule has 0 aliphatic carbocycles. The topological polar surface area (TPSA) is 49.8 Å². The lowest BCUT2D eigenvalue weighted by molar-refractivity contribution is 1.35. The summed E-state index contributed by atoms with van der Waals surface area (Å²) in [6, 6.07) is 7.69. The molecule has 0 radical (unpaired) electrons. The number of nitrogens with zero attached hydrogens (tertiary/aromatic N) is 1. The highest BCUT2D eigenvalue weighted by Crippen LogP contribution is 2.25. The highest BCUT2D eigenvalue weighted by atomic mass is 14.6. The standard InChI is InChI=1S/C12H14N2/c1-8(2)9(3)10-5-4-6-12(14)11(10)7-13/h4-6H,14H2,1-3H3. The van der Waals surface area contributed by atoms with Crippen molar-refractivity contribution in [3.63, 3.8) is 0 Å². The van der Waals surface area contributed by atoms with E-state index in [1.54, 1.807) is 6.07 Å². The third-order valence-electron chi connectivity index (χ3n) is 2.36. The molecular formula is C12H14N2. The van der Waals surface area contributed by atoms with Gasteiger partial charge in [0.15, 0.2) is 0 Å². The summed E-state index contributed by atoms with van der Waals surface area (Å²) in [4.78, 5) is 0. The molecule has 0 fully saturated rings. The minimum atomic E-state index is 0.547. The minimum absolute atomic E-state index is 0.547. The van der Waals surface area contributed by atoms with E-state index in [1.807, 2.05) is 32.9 Å². The Balaban J connectivity index is 3.45. The molecule has 0 bridgehead atoms. The first kappa shape index (κ1) is 10.3. The number of nitrogens with two attached hydrogens (primary N) is 1. The zero-order valence-corrected chi connectivity index (χ0v) is 8.76. The van der Waals surface area contributed by atoms with Gasteiger partial charge in [-0.15, -0.1) is 0 Å². The Morgan fingerprint density at radius 3 is 2.43 bits per heavy atom.